The second kappa shape index (κ2) is 6.02. The van der Waals surface area contributed by atoms with Crippen LogP contribution in [0.3, 0.4) is 0 Å². The molecule has 2 fully saturated rings. The largest absolute Gasteiger partial charge is 0.378 e. The Morgan fingerprint density at radius 3 is 2.44 bits per heavy atom. The standard InChI is InChI=1S/C14H26N2O2/c1-3-16(12-6-4-11(15)5-7-12)14(17)13-8-9-18-10(13)2/h10-13H,3-9,15H2,1-2H3. The molecule has 1 saturated carbocycles. The minimum Gasteiger partial charge on any atom is -0.378 e. The molecule has 1 amide bonds. The van der Waals surface area contributed by atoms with Crippen molar-refractivity contribution in [3.63, 3.8) is 0 Å². The van der Waals surface area contributed by atoms with Crippen LogP contribution >= 0.6 is 0 Å². The van der Waals surface area contributed by atoms with E-state index in [-0.39, 0.29) is 12.0 Å². The second-order valence-corrected chi connectivity index (χ2v) is 5.66. The van der Waals surface area contributed by atoms with Crippen LogP contribution in [0.2, 0.25) is 0 Å². The summed E-state index contributed by atoms with van der Waals surface area (Å²) < 4.78 is 5.52. The summed E-state index contributed by atoms with van der Waals surface area (Å²) in [4.78, 5) is 14.7. The van der Waals surface area contributed by atoms with Crippen molar-refractivity contribution < 1.29 is 9.53 Å². The van der Waals surface area contributed by atoms with Gasteiger partial charge in [-0.15, -0.1) is 0 Å². The lowest BCUT2D eigenvalue weighted by molar-refractivity contribution is -0.139. The number of rotatable bonds is 3. The van der Waals surface area contributed by atoms with Crippen LogP contribution in [0.4, 0.5) is 0 Å². The highest BCUT2D eigenvalue weighted by atomic mass is 16.5. The van der Waals surface area contributed by atoms with E-state index in [1.807, 2.05) is 6.92 Å². The number of nitrogens with zero attached hydrogens (tertiary/aromatic N) is 1. The van der Waals surface area contributed by atoms with E-state index in [0.29, 0.717) is 18.0 Å². The summed E-state index contributed by atoms with van der Waals surface area (Å²) in [5, 5.41) is 0. The average molecular weight is 254 g/mol. The molecule has 2 unspecified atom stereocenters. The molecule has 104 valence electrons. The Kier molecular flexibility index (Phi) is 4.62. The van der Waals surface area contributed by atoms with Crippen molar-refractivity contribution >= 4 is 5.91 Å². The first-order valence-corrected chi connectivity index (χ1v) is 7.31. The molecule has 2 rings (SSSR count). The zero-order valence-corrected chi connectivity index (χ0v) is 11.6. The number of hydrogen-bond acceptors (Lipinski definition) is 3. The first-order chi connectivity index (χ1) is 8.63. The van der Waals surface area contributed by atoms with Gasteiger partial charge in [0, 0.05) is 25.2 Å². The van der Waals surface area contributed by atoms with E-state index in [1.54, 1.807) is 0 Å². The van der Waals surface area contributed by atoms with Gasteiger partial charge in [-0.05, 0) is 46.0 Å². The van der Waals surface area contributed by atoms with E-state index in [4.69, 9.17) is 10.5 Å². The van der Waals surface area contributed by atoms with Gasteiger partial charge < -0.3 is 15.4 Å². The number of carbonyl (C=O) groups is 1. The molecule has 1 aliphatic heterocycles. The zero-order valence-electron chi connectivity index (χ0n) is 11.6. The molecule has 0 spiro atoms. The summed E-state index contributed by atoms with van der Waals surface area (Å²) in [6.45, 7) is 5.62. The Morgan fingerprint density at radius 2 is 1.94 bits per heavy atom. The maximum Gasteiger partial charge on any atom is 0.228 e. The van der Waals surface area contributed by atoms with Crippen LogP contribution in [0.15, 0.2) is 0 Å². The predicted octanol–water partition coefficient (Wildman–Crippen LogP) is 1.53. The third kappa shape index (κ3) is 2.86. The minimum absolute atomic E-state index is 0.0700. The Hall–Kier alpha value is -0.610. The average Bonchev–Trinajstić information content (AvgIpc) is 2.78. The lowest BCUT2D eigenvalue weighted by Crippen LogP contribution is -2.47. The molecule has 1 aliphatic carbocycles. The zero-order chi connectivity index (χ0) is 13.1. The van der Waals surface area contributed by atoms with Crippen LogP contribution in [0, 0.1) is 5.92 Å². The fourth-order valence-corrected chi connectivity index (χ4v) is 3.28. The van der Waals surface area contributed by atoms with Gasteiger partial charge in [-0.3, -0.25) is 4.79 Å². The maximum absolute atomic E-state index is 12.6. The van der Waals surface area contributed by atoms with Gasteiger partial charge in [-0.2, -0.15) is 0 Å². The number of nitrogens with two attached hydrogens (primary N) is 1. The highest BCUT2D eigenvalue weighted by Gasteiger charge is 2.36. The van der Waals surface area contributed by atoms with Crippen molar-refractivity contribution in [2.75, 3.05) is 13.2 Å². The smallest absolute Gasteiger partial charge is 0.228 e. The number of amides is 1. The SMILES string of the molecule is CCN(C(=O)C1CCOC1C)C1CCC(N)CC1. The highest BCUT2D eigenvalue weighted by Crippen LogP contribution is 2.27. The van der Waals surface area contributed by atoms with Crippen molar-refractivity contribution in [3.05, 3.63) is 0 Å². The Balaban J connectivity index is 1.97. The van der Waals surface area contributed by atoms with Crippen LogP contribution in [-0.4, -0.2) is 42.1 Å². The Labute approximate surface area is 110 Å². The molecule has 2 atom stereocenters. The van der Waals surface area contributed by atoms with Gasteiger partial charge in [0.25, 0.3) is 0 Å². The minimum atomic E-state index is 0.0700. The fraction of sp³-hybridized carbons (Fsp3) is 0.929. The molecular weight excluding hydrogens is 228 g/mol. The Bertz CT molecular complexity index is 288. The Morgan fingerprint density at radius 1 is 1.28 bits per heavy atom. The summed E-state index contributed by atoms with van der Waals surface area (Å²) in [7, 11) is 0. The van der Waals surface area contributed by atoms with Gasteiger partial charge in [0.1, 0.15) is 0 Å². The molecule has 0 bridgehead atoms. The molecular formula is C14H26N2O2. The van der Waals surface area contributed by atoms with Gasteiger partial charge in [0.2, 0.25) is 5.91 Å². The van der Waals surface area contributed by atoms with Gasteiger partial charge in [-0.25, -0.2) is 0 Å². The molecule has 0 aromatic carbocycles. The predicted molar refractivity (Wildman–Crippen MR) is 71.1 cm³/mol. The van der Waals surface area contributed by atoms with Crippen molar-refractivity contribution in [3.8, 4) is 0 Å². The summed E-state index contributed by atoms with van der Waals surface area (Å²) in [5.41, 5.74) is 5.94. The molecule has 2 N–H and O–H groups in total. The van der Waals surface area contributed by atoms with E-state index >= 15 is 0 Å². The van der Waals surface area contributed by atoms with Crippen LogP contribution in [0.1, 0.15) is 46.0 Å². The van der Waals surface area contributed by atoms with E-state index < -0.39 is 0 Å². The van der Waals surface area contributed by atoms with Crippen LogP contribution in [0.25, 0.3) is 0 Å². The van der Waals surface area contributed by atoms with Gasteiger partial charge in [0.05, 0.1) is 12.0 Å². The maximum atomic E-state index is 12.6. The van der Waals surface area contributed by atoms with Gasteiger partial charge in [0.15, 0.2) is 0 Å². The van der Waals surface area contributed by atoms with Crippen molar-refractivity contribution in [2.24, 2.45) is 11.7 Å². The molecule has 1 saturated heterocycles. The highest BCUT2D eigenvalue weighted by molar-refractivity contribution is 5.80. The quantitative estimate of drug-likeness (QED) is 0.831. The molecule has 4 nitrogen and oxygen atoms in total. The fourth-order valence-electron chi connectivity index (χ4n) is 3.28. The third-order valence-electron chi connectivity index (χ3n) is 4.50. The molecule has 0 radical (unpaired) electrons. The number of carbonyl (C=O) groups excluding carboxylic acids is 1. The van der Waals surface area contributed by atoms with E-state index in [2.05, 4.69) is 11.8 Å². The molecule has 1 heterocycles. The molecule has 4 heteroatoms. The van der Waals surface area contributed by atoms with Crippen LogP contribution < -0.4 is 5.73 Å². The van der Waals surface area contributed by atoms with Crippen molar-refractivity contribution in [2.45, 2.75) is 64.1 Å². The normalized spacial score (nSPS) is 36.6. The number of hydrogen-bond donors (Lipinski definition) is 1. The van der Waals surface area contributed by atoms with Crippen molar-refractivity contribution in [1.29, 1.82) is 0 Å². The molecule has 0 aromatic rings. The van der Waals surface area contributed by atoms with Crippen LogP contribution in [-0.2, 0) is 9.53 Å². The summed E-state index contributed by atoms with van der Waals surface area (Å²) in [5.74, 6) is 0.364. The number of ether oxygens (including phenoxy) is 1. The molecule has 2 aliphatic rings. The third-order valence-corrected chi connectivity index (χ3v) is 4.50. The summed E-state index contributed by atoms with van der Waals surface area (Å²) in [6.07, 6.45) is 5.17. The van der Waals surface area contributed by atoms with E-state index in [1.165, 1.54) is 0 Å². The second-order valence-electron chi connectivity index (χ2n) is 5.66. The topological polar surface area (TPSA) is 55.6 Å². The monoisotopic (exact) mass is 254 g/mol. The van der Waals surface area contributed by atoms with Crippen LogP contribution in [0.5, 0.6) is 0 Å². The van der Waals surface area contributed by atoms with Gasteiger partial charge >= 0.3 is 0 Å². The van der Waals surface area contributed by atoms with Crippen molar-refractivity contribution in [1.82, 2.24) is 4.90 Å². The molecule has 0 aromatic heterocycles. The summed E-state index contributed by atoms with van der Waals surface area (Å²) in [6, 6.07) is 0.735. The first kappa shape index (κ1) is 13.8. The lowest BCUT2D eigenvalue weighted by Gasteiger charge is -2.37. The molecule has 18 heavy (non-hydrogen) atoms. The van der Waals surface area contributed by atoms with Gasteiger partial charge in [-0.1, -0.05) is 0 Å². The van der Waals surface area contributed by atoms with E-state index in [0.717, 1.165) is 45.3 Å². The summed E-state index contributed by atoms with van der Waals surface area (Å²) >= 11 is 0. The first-order valence-electron chi connectivity index (χ1n) is 7.31. The van der Waals surface area contributed by atoms with E-state index in [9.17, 15) is 4.79 Å². The lowest BCUT2D eigenvalue weighted by atomic mass is 9.89.